The van der Waals surface area contributed by atoms with Crippen LogP contribution in [-0.4, -0.2) is 29.2 Å². The van der Waals surface area contributed by atoms with Crippen LogP contribution in [0.1, 0.15) is 38.1 Å². The van der Waals surface area contributed by atoms with E-state index in [1.165, 1.54) is 0 Å². The number of hydrogen-bond acceptors (Lipinski definition) is 4. The number of benzene rings is 1. The van der Waals surface area contributed by atoms with E-state index in [0.717, 1.165) is 5.69 Å². The SMILES string of the molecule is CC(C)CCS(=O)(=O)[C@H](C)c1cn(-c2ccccc2)nn1. The Morgan fingerprint density at radius 3 is 2.43 bits per heavy atom. The van der Waals surface area contributed by atoms with Crippen molar-refractivity contribution in [3.63, 3.8) is 0 Å². The monoisotopic (exact) mass is 307 g/mol. The van der Waals surface area contributed by atoms with E-state index < -0.39 is 15.1 Å². The molecule has 0 bridgehead atoms. The van der Waals surface area contributed by atoms with Crippen molar-refractivity contribution in [1.82, 2.24) is 15.0 Å². The van der Waals surface area contributed by atoms with E-state index in [1.807, 2.05) is 44.2 Å². The fourth-order valence-electron chi connectivity index (χ4n) is 1.93. The highest BCUT2D eigenvalue weighted by atomic mass is 32.2. The summed E-state index contributed by atoms with van der Waals surface area (Å²) in [4.78, 5) is 0. The van der Waals surface area contributed by atoms with Gasteiger partial charge in [0.05, 0.1) is 17.6 Å². The third-order valence-electron chi connectivity index (χ3n) is 3.47. The Balaban J connectivity index is 2.17. The summed E-state index contributed by atoms with van der Waals surface area (Å²) in [7, 11) is -3.19. The lowest BCUT2D eigenvalue weighted by molar-refractivity contribution is 0.564. The number of para-hydroxylation sites is 1. The molecule has 0 amide bonds. The standard InChI is InChI=1S/C15H21N3O2S/c1-12(2)9-10-21(19,20)13(3)15-11-18(17-16-15)14-7-5-4-6-8-14/h4-8,11-13H,9-10H2,1-3H3/t13-/m1/s1. The lowest BCUT2D eigenvalue weighted by Crippen LogP contribution is -2.16. The van der Waals surface area contributed by atoms with Crippen LogP contribution < -0.4 is 0 Å². The molecule has 0 N–H and O–H groups in total. The first-order valence-corrected chi connectivity index (χ1v) is 8.81. The predicted molar refractivity (Wildman–Crippen MR) is 83.0 cm³/mol. The molecule has 0 unspecified atom stereocenters. The second kappa shape index (κ2) is 6.39. The van der Waals surface area contributed by atoms with Crippen molar-refractivity contribution in [3.8, 4) is 5.69 Å². The molecule has 5 nitrogen and oxygen atoms in total. The van der Waals surface area contributed by atoms with Crippen molar-refractivity contribution in [2.75, 3.05) is 5.75 Å². The van der Waals surface area contributed by atoms with Gasteiger partial charge in [-0.2, -0.15) is 0 Å². The van der Waals surface area contributed by atoms with Crippen LogP contribution in [0.2, 0.25) is 0 Å². The highest BCUT2D eigenvalue weighted by molar-refractivity contribution is 7.91. The van der Waals surface area contributed by atoms with E-state index in [2.05, 4.69) is 10.3 Å². The summed E-state index contributed by atoms with van der Waals surface area (Å²) in [5.41, 5.74) is 1.35. The molecule has 21 heavy (non-hydrogen) atoms. The molecule has 6 heteroatoms. The van der Waals surface area contributed by atoms with Crippen LogP contribution in [0.4, 0.5) is 0 Å². The molecule has 1 aromatic heterocycles. The van der Waals surface area contributed by atoms with Gasteiger partial charge in [0.25, 0.3) is 0 Å². The second-order valence-electron chi connectivity index (χ2n) is 5.62. The van der Waals surface area contributed by atoms with Gasteiger partial charge >= 0.3 is 0 Å². The van der Waals surface area contributed by atoms with Crippen LogP contribution in [0.5, 0.6) is 0 Å². The second-order valence-corrected chi connectivity index (χ2v) is 8.06. The lowest BCUT2D eigenvalue weighted by atomic mass is 10.2. The molecule has 0 aliphatic rings. The Morgan fingerprint density at radius 2 is 1.81 bits per heavy atom. The minimum absolute atomic E-state index is 0.185. The Labute approximate surface area is 125 Å². The van der Waals surface area contributed by atoms with Gasteiger partial charge in [0.2, 0.25) is 0 Å². The van der Waals surface area contributed by atoms with Crippen LogP contribution >= 0.6 is 0 Å². The van der Waals surface area contributed by atoms with E-state index in [4.69, 9.17) is 0 Å². The molecule has 0 aliphatic carbocycles. The highest BCUT2D eigenvalue weighted by Crippen LogP contribution is 2.22. The number of aromatic nitrogens is 3. The summed E-state index contributed by atoms with van der Waals surface area (Å²) in [6, 6.07) is 9.52. The number of sulfone groups is 1. The fourth-order valence-corrected chi connectivity index (χ4v) is 3.56. The number of hydrogen-bond donors (Lipinski definition) is 0. The summed E-state index contributed by atoms with van der Waals surface area (Å²) in [5, 5.41) is 7.41. The topological polar surface area (TPSA) is 64.8 Å². The van der Waals surface area contributed by atoms with Crippen LogP contribution in [0.15, 0.2) is 36.5 Å². The Hall–Kier alpha value is -1.69. The van der Waals surface area contributed by atoms with Gasteiger partial charge in [-0.1, -0.05) is 37.3 Å². The van der Waals surface area contributed by atoms with E-state index in [9.17, 15) is 8.42 Å². The van der Waals surface area contributed by atoms with E-state index in [-0.39, 0.29) is 5.75 Å². The zero-order valence-electron chi connectivity index (χ0n) is 12.6. The first kappa shape index (κ1) is 15.7. The van der Waals surface area contributed by atoms with Crippen LogP contribution in [0.25, 0.3) is 5.69 Å². The van der Waals surface area contributed by atoms with Crippen molar-refractivity contribution in [3.05, 3.63) is 42.2 Å². The first-order chi connectivity index (χ1) is 9.90. The average Bonchev–Trinajstić information content (AvgIpc) is 2.95. The number of nitrogens with zero attached hydrogens (tertiary/aromatic N) is 3. The van der Waals surface area contributed by atoms with Gasteiger partial charge in [-0.3, -0.25) is 0 Å². The highest BCUT2D eigenvalue weighted by Gasteiger charge is 2.25. The molecule has 2 aromatic rings. The lowest BCUT2D eigenvalue weighted by Gasteiger charge is -2.11. The third kappa shape index (κ3) is 3.91. The molecule has 0 aliphatic heterocycles. The van der Waals surface area contributed by atoms with Gasteiger partial charge in [0.1, 0.15) is 10.9 Å². The summed E-state index contributed by atoms with van der Waals surface area (Å²) in [5.74, 6) is 0.552. The molecule has 0 spiro atoms. The van der Waals surface area contributed by atoms with Gasteiger partial charge in [0.15, 0.2) is 9.84 Å². The summed E-state index contributed by atoms with van der Waals surface area (Å²) in [6.07, 6.45) is 2.35. The van der Waals surface area contributed by atoms with Gasteiger partial charge in [0, 0.05) is 0 Å². The zero-order valence-corrected chi connectivity index (χ0v) is 13.4. The Bertz CT molecular complexity index is 678. The zero-order chi connectivity index (χ0) is 15.5. The van der Waals surface area contributed by atoms with Gasteiger partial charge in [-0.15, -0.1) is 5.10 Å². The average molecular weight is 307 g/mol. The molecular formula is C15H21N3O2S. The summed E-state index contributed by atoms with van der Waals surface area (Å²) < 4.78 is 26.2. The van der Waals surface area contributed by atoms with Crippen LogP contribution in [0, 0.1) is 5.92 Å². The molecule has 114 valence electrons. The molecule has 2 rings (SSSR count). The predicted octanol–water partition coefficient (Wildman–Crippen LogP) is 2.79. The van der Waals surface area contributed by atoms with Crippen molar-refractivity contribution in [1.29, 1.82) is 0 Å². The van der Waals surface area contributed by atoms with E-state index in [1.54, 1.807) is 17.8 Å². The third-order valence-corrected chi connectivity index (χ3v) is 5.59. The molecule has 0 saturated carbocycles. The maximum absolute atomic E-state index is 12.3. The maximum Gasteiger partial charge on any atom is 0.158 e. The molecule has 1 atom stereocenters. The van der Waals surface area contributed by atoms with Crippen molar-refractivity contribution in [2.24, 2.45) is 5.92 Å². The van der Waals surface area contributed by atoms with Gasteiger partial charge in [-0.25, -0.2) is 13.1 Å². The van der Waals surface area contributed by atoms with Crippen LogP contribution in [0.3, 0.4) is 0 Å². The number of rotatable bonds is 6. The molecule has 0 saturated heterocycles. The molecule has 1 aromatic carbocycles. The molecule has 0 radical (unpaired) electrons. The molecular weight excluding hydrogens is 286 g/mol. The van der Waals surface area contributed by atoms with E-state index >= 15 is 0 Å². The summed E-state index contributed by atoms with van der Waals surface area (Å²) in [6.45, 7) is 5.72. The molecule has 1 heterocycles. The fraction of sp³-hybridized carbons (Fsp3) is 0.467. The van der Waals surface area contributed by atoms with Gasteiger partial charge in [-0.05, 0) is 31.4 Å². The van der Waals surface area contributed by atoms with Crippen molar-refractivity contribution in [2.45, 2.75) is 32.4 Å². The van der Waals surface area contributed by atoms with Crippen LogP contribution in [-0.2, 0) is 9.84 Å². The minimum Gasteiger partial charge on any atom is -0.228 e. The normalized spacial score (nSPS) is 13.5. The smallest absolute Gasteiger partial charge is 0.158 e. The maximum atomic E-state index is 12.3. The van der Waals surface area contributed by atoms with Crippen molar-refractivity contribution >= 4 is 9.84 Å². The first-order valence-electron chi connectivity index (χ1n) is 7.09. The van der Waals surface area contributed by atoms with E-state index in [0.29, 0.717) is 18.0 Å². The molecule has 0 fully saturated rings. The Morgan fingerprint density at radius 1 is 1.14 bits per heavy atom. The Kier molecular flexibility index (Phi) is 4.77. The largest absolute Gasteiger partial charge is 0.228 e. The van der Waals surface area contributed by atoms with Gasteiger partial charge < -0.3 is 0 Å². The quantitative estimate of drug-likeness (QED) is 0.823. The van der Waals surface area contributed by atoms with Crippen molar-refractivity contribution < 1.29 is 8.42 Å². The minimum atomic E-state index is -3.19. The summed E-state index contributed by atoms with van der Waals surface area (Å²) >= 11 is 0.